The van der Waals surface area contributed by atoms with E-state index in [2.05, 4.69) is 10.3 Å². The van der Waals surface area contributed by atoms with Gasteiger partial charge in [-0.15, -0.1) is 11.8 Å². The molecular weight excluding hydrogens is 512 g/mol. The van der Waals surface area contributed by atoms with Crippen LogP contribution in [-0.2, 0) is 29.0 Å². The lowest BCUT2D eigenvalue weighted by Crippen LogP contribution is -2.27. The fraction of sp³-hybridized carbons (Fsp3) is 0.478. The van der Waals surface area contributed by atoms with E-state index in [0.717, 1.165) is 37.4 Å². The Morgan fingerprint density at radius 3 is 2.54 bits per heavy atom. The molecule has 2 atom stereocenters. The maximum Gasteiger partial charge on any atom is 0.313 e. The first kappa shape index (κ1) is 25.8. The average Bonchev–Trinajstić information content (AvgIpc) is 3.59. The molecule has 2 unspecified atom stereocenters. The van der Waals surface area contributed by atoms with Crippen molar-refractivity contribution in [1.82, 2.24) is 4.98 Å². The van der Waals surface area contributed by atoms with Gasteiger partial charge in [-0.3, -0.25) is 19.7 Å². The Hall–Kier alpha value is -2.28. The summed E-state index contributed by atoms with van der Waals surface area (Å²) in [5.41, 5.74) is 0.521. The summed E-state index contributed by atoms with van der Waals surface area (Å²) in [6.07, 6.45) is 4.87. The Kier molecular flexibility index (Phi) is 8.25. The van der Waals surface area contributed by atoms with E-state index in [1.54, 1.807) is 12.1 Å². The van der Waals surface area contributed by atoms with Crippen LogP contribution in [0.3, 0.4) is 0 Å². The molecule has 0 saturated heterocycles. The number of nitrogens with one attached hydrogen (secondary N) is 1. The van der Waals surface area contributed by atoms with Crippen LogP contribution in [0.4, 0.5) is 5.13 Å². The highest BCUT2D eigenvalue weighted by Gasteiger charge is 2.35. The Bertz CT molecular complexity index is 1190. The van der Waals surface area contributed by atoms with Gasteiger partial charge in [0.1, 0.15) is 5.78 Å². The topological polar surface area (TPSA) is 140 Å². The first-order valence-corrected chi connectivity index (χ1v) is 14.7. The van der Waals surface area contributed by atoms with Gasteiger partial charge >= 0.3 is 5.97 Å². The Morgan fingerprint density at radius 2 is 1.91 bits per heavy atom. The summed E-state index contributed by atoms with van der Waals surface area (Å²) in [7, 11) is -3.63. The maximum atomic E-state index is 13.2. The first-order chi connectivity index (χ1) is 16.7. The second-order valence-electron chi connectivity index (χ2n) is 8.60. The lowest BCUT2D eigenvalue weighted by molar-refractivity contribution is -0.134. The minimum absolute atomic E-state index is 0.0383. The molecule has 1 aromatic carbocycles. The predicted molar refractivity (Wildman–Crippen MR) is 131 cm³/mol. The zero-order valence-electron chi connectivity index (χ0n) is 18.8. The van der Waals surface area contributed by atoms with Gasteiger partial charge in [0.05, 0.1) is 32.4 Å². The Balaban J connectivity index is 1.50. The van der Waals surface area contributed by atoms with Gasteiger partial charge < -0.3 is 9.84 Å². The third kappa shape index (κ3) is 6.49. The minimum atomic E-state index is -3.63. The van der Waals surface area contributed by atoms with E-state index in [9.17, 15) is 22.8 Å². The molecule has 0 bridgehead atoms. The summed E-state index contributed by atoms with van der Waals surface area (Å²) in [4.78, 5) is 39.8. The Labute approximate surface area is 211 Å². The van der Waals surface area contributed by atoms with Crippen LogP contribution in [0.5, 0.6) is 0 Å². The maximum absolute atomic E-state index is 13.2. The molecule has 2 aromatic rings. The van der Waals surface area contributed by atoms with Crippen LogP contribution >= 0.6 is 23.1 Å². The third-order valence-electron chi connectivity index (χ3n) is 6.07. The van der Waals surface area contributed by atoms with Crippen molar-refractivity contribution >= 4 is 55.7 Å². The van der Waals surface area contributed by atoms with Gasteiger partial charge in [-0.05, 0) is 37.0 Å². The molecule has 1 amide bonds. The summed E-state index contributed by atoms with van der Waals surface area (Å²) < 4.78 is 32.6. The van der Waals surface area contributed by atoms with Crippen molar-refractivity contribution in [2.45, 2.75) is 71.5 Å². The molecule has 9 nitrogen and oxygen atoms in total. The number of Topliss-reactive ketones (excluding diaryl/α,β-unsaturated/α-hetero) is 1. The summed E-state index contributed by atoms with van der Waals surface area (Å²) in [5.74, 6) is -1.52. The number of aromatic nitrogens is 1. The van der Waals surface area contributed by atoms with E-state index in [-0.39, 0.29) is 35.4 Å². The number of hydrogen-bond acceptors (Lipinski definition) is 9. The van der Waals surface area contributed by atoms with Gasteiger partial charge in [0, 0.05) is 12.8 Å². The molecule has 0 spiro atoms. The van der Waals surface area contributed by atoms with Gasteiger partial charge in [-0.2, -0.15) is 0 Å². The quantitative estimate of drug-likeness (QED) is 0.432. The number of carbonyl (C=O) groups excluding carboxylic acids is 2. The number of aliphatic carboxylic acids is 1. The Morgan fingerprint density at radius 1 is 1.20 bits per heavy atom. The number of thioether (sulfide) groups is 1. The predicted octanol–water partition coefficient (Wildman–Crippen LogP) is 3.85. The van der Waals surface area contributed by atoms with Crippen molar-refractivity contribution in [1.29, 1.82) is 0 Å². The average molecular weight is 539 g/mol. The zero-order valence-corrected chi connectivity index (χ0v) is 21.3. The summed E-state index contributed by atoms with van der Waals surface area (Å²) in [6, 6.07) is 6.10. The smallest absolute Gasteiger partial charge is 0.313 e. The number of rotatable bonds is 10. The van der Waals surface area contributed by atoms with Crippen LogP contribution in [0.25, 0.3) is 0 Å². The number of carbonyl (C=O) groups is 3. The highest BCUT2D eigenvalue weighted by molar-refractivity contribution is 8.01. The van der Waals surface area contributed by atoms with E-state index in [4.69, 9.17) is 9.84 Å². The first-order valence-electron chi connectivity index (χ1n) is 11.3. The molecule has 2 aliphatic carbocycles. The van der Waals surface area contributed by atoms with E-state index in [0.29, 0.717) is 21.3 Å². The van der Waals surface area contributed by atoms with Gasteiger partial charge in [-0.1, -0.05) is 36.3 Å². The van der Waals surface area contributed by atoms with Crippen molar-refractivity contribution in [3.8, 4) is 0 Å². The molecule has 0 aliphatic heterocycles. The van der Waals surface area contributed by atoms with E-state index < -0.39 is 33.1 Å². The van der Waals surface area contributed by atoms with Gasteiger partial charge in [0.25, 0.3) is 5.91 Å². The molecule has 35 heavy (non-hydrogen) atoms. The normalized spacial score (nSPS) is 19.7. The molecule has 1 aromatic heterocycles. The summed E-state index contributed by atoms with van der Waals surface area (Å²) in [5, 5.41) is 11.2. The number of hydrogen-bond donors (Lipinski definition) is 2. The molecule has 2 aliphatic rings. The van der Waals surface area contributed by atoms with E-state index >= 15 is 0 Å². The number of nitrogens with zero attached hydrogens (tertiary/aromatic N) is 1. The number of ether oxygens (including phenoxy) is 1. The molecule has 0 radical (unpaired) electrons. The zero-order chi connectivity index (χ0) is 25.0. The van der Waals surface area contributed by atoms with Crippen LogP contribution in [0.1, 0.15) is 56.6 Å². The number of anilines is 1. The monoisotopic (exact) mass is 538 g/mol. The lowest BCUT2D eigenvalue weighted by atomic mass is 10.1. The summed E-state index contributed by atoms with van der Waals surface area (Å²) in [6.45, 7) is 0. The van der Waals surface area contributed by atoms with Crippen molar-refractivity contribution in [2.24, 2.45) is 0 Å². The number of carboxylic acid groups (broad SMARTS) is 1. The van der Waals surface area contributed by atoms with E-state index in [1.807, 2.05) is 0 Å². The standard InChI is InChI=1S/C23H26N2O7S3/c26-15-7-10-18(11-15)35(30,31)17-8-5-14(6-9-17)21(32-16-3-1-2-4-16)22(29)25-23-24-12-20(34-23)33-13-19(27)28/h5-6,8-9,12,16,18,21H,1-4,7,10-11,13H2,(H,27,28)(H,24,25,29). The molecule has 2 fully saturated rings. The molecule has 1 heterocycles. The number of amides is 1. The molecule has 2 N–H and O–H groups in total. The van der Waals surface area contributed by atoms with E-state index in [1.165, 1.54) is 29.7 Å². The second-order valence-corrected chi connectivity index (χ2v) is 13.1. The van der Waals surface area contributed by atoms with Crippen molar-refractivity contribution < 1.29 is 32.6 Å². The van der Waals surface area contributed by atoms with Crippen LogP contribution in [0.15, 0.2) is 39.6 Å². The van der Waals surface area contributed by atoms with Gasteiger partial charge in [-0.25, -0.2) is 13.4 Å². The minimum Gasteiger partial charge on any atom is -0.481 e. The molecule has 188 valence electrons. The van der Waals surface area contributed by atoms with Gasteiger partial charge in [0.2, 0.25) is 0 Å². The molecular formula is C23H26N2O7S3. The number of thiazole rings is 1. The molecule has 2 saturated carbocycles. The number of carboxylic acids is 1. The van der Waals surface area contributed by atoms with Crippen molar-refractivity contribution in [3.05, 3.63) is 36.0 Å². The number of sulfone groups is 1. The number of ketones is 1. The largest absolute Gasteiger partial charge is 0.481 e. The highest BCUT2D eigenvalue weighted by atomic mass is 32.2. The number of benzene rings is 1. The fourth-order valence-electron chi connectivity index (χ4n) is 4.27. The van der Waals surface area contributed by atoms with Crippen molar-refractivity contribution in [2.75, 3.05) is 11.1 Å². The van der Waals surface area contributed by atoms with Crippen molar-refractivity contribution in [3.63, 3.8) is 0 Å². The van der Waals surface area contributed by atoms with Crippen LogP contribution in [0.2, 0.25) is 0 Å². The lowest BCUT2D eigenvalue weighted by Gasteiger charge is -2.22. The van der Waals surface area contributed by atoms with Crippen LogP contribution in [-0.4, -0.2) is 53.3 Å². The van der Waals surface area contributed by atoms with Crippen LogP contribution < -0.4 is 5.32 Å². The SMILES string of the molecule is O=C(O)CSc1cnc(NC(=O)C(OC2CCCC2)c2ccc(S(=O)(=O)C3CCC(=O)C3)cc2)s1. The van der Waals surface area contributed by atoms with Crippen LogP contribution in [0, 0.1) is 0 Å². The summed E-state index contributed by atoms with van der Waals surface area (Å²) >= 11 is 2.29. The highest BCUT2D eigenvalue weighted by Crippen LogP contribution is 2.33. The third-order valence-corrected chi connectivity index (χ3v) is 10.4. The second kappa shape index (κ2) is 11.2. The molecule has 12 heteroatoms. The molecule has 4 rings (SSSR count). The fourth-order valence-corrected chi connectivity index (χ4v) is 7.59. The van der Waals surface area contributed by atoms with Gasteiger partial charge in [0.15, 0.2) is 21.1 Å².